The van der Waals surface area contributed by atoms with Crippen molar-refractivity contribution in [1.82, 2.24) is 30.0 Å². The normalized spacial score (nSPS) is 20.6. The molecule has 164 valence electrons. The number of aromatic nitrogens is 4. The Morgan fingerprint density at radius 2 is 2.19 bits per heavy atom. The van der Waals surface area contributed by atoms with Crippen molar-refractivity contribution in [2.24, 2.45) is 4.99 Å². The maximum Gasteiger partial charge on any atom is 0.257 e. The van der Waals surface area contributed by atoms with Crippen LogP contribution in [0.3, 0.4) is 0 Å². The molecule has 1 unspecified atom stereocenters. The van der Waals surface area contributed by atoms with E-state index in [4.69, 9.17) is 9.97 Å². The van der Waals surface area contributed by atoms with E-state index in [2.05, 4.69) is 39.8 Å². The molecule has 1 fully saturated rings. The number of aliphatic imine (C=N–C) groups is 1. The maximum atomic E-state index is 12.9. The third-order valence-corrected chi connectivity index (χ3v) is 6.60. The first-order valence-corrected chi connectivity index (χ1v) is 11.6. The van der Waals surface area contributed by atoms with Gasteiger partial charge in [-0.15, -0.1) is 4.41 Å². The highest BCUT2D eigenvalue weighted by atomic mass is 32.2. The second-order valence-electron chi connectivity index (χ2n) is 8.38. The second kappa shape index (κ2) is 8.46. The smallest absolute Gasteiger partial charge is 0.257 e. The van der Waals surface area contributed by atoms with Crippen LogP contribution in [-0.4, -0.2) is 55.3 Å². The van der Waals surface area contributed by atoms with Crippen LogP contribution in [0.4, 0.5) is 17.6 Å². The van der Waals surface area contributed by atoms with Gasteiger partial charge in [0.1, 0.15) is 18.5 Å². The van der Waals surface area contributed by atoms with Crippen molar-refractivity contribution in [3.63, 3.8) is 0 Å². The highest BCUT2D eigenvalue weighted by Gasteiger charge is 2.35. The van der Waals surface area contributed by atoms with E-state index in [0.717, 1.165) is 67.2 Å². The molecule has 10 nitrogen and oxygen atoms in total. The van der Waals surface area contributed by atoms with E-state index in [9.17, 15) is 4.79 Å². The topological polar surface area (TPSA) is 114 Å². The van der Waals surface area contributed by atoms with Crippen LogP contribution in [0.1, 0.15) is 56.0 Å². The van der Waals surface area contributed by atoms with Crippen molar-refractivity contribution >= 4 is 41.0 Å². The molecule has 1 amide bonds. The summed E-state index contributed by atoms with van der Waals surface area (Å²) < 4.78 is 1.74. The first-order chi connectivity index (χ1) is 15.1. The van der Waals surface area contributed by atoms with Gasteiger partial charge >= 0.3 is 0 Å². The number of H-pyrrole nitrogens is 1. The van der Waals surface area contributed by atoms with E-state index >= 15 is 0 Å². The number of carbonyl (C=O) groups is 1. The number of anilines is 3. The van der Waals surface area contributed by atoms with E-state index in [1.807, 2.05) is 11.0 Å². The average molecular weight is 442 g/mol. The highest BCUT2D eigenvalue weighted by Crippen LogP contribution is 2.32. The Kier molecular flexibility index (Phi) is 5.53. The largest absolute Gasteiger partial charge is 0.329 e. The quantitative estimate of drug-likeness (QED) is 0.586. The van der Waals surface area contributed by atoms with Gasteiger partial charge in [0.2, 0.25) is 5.95 Å². The lowest BCUT2D eigenvalue weighted by molar-refractivity contribution is -0.124. The molecule has 1 saturated heterocycles. The van der Waals surface area contributed by atoms with Crippen molar-refractivity contribution in [1.29, 1.82) is 0 Å². The fourth-order valence-electron chi connectivity index (χ4n) is 4.24. The molecule has 11 heteroatoms. The van der Waals surface area contributed by atoms with Gasteiger partial charge in [-0.25, -0.2) is 4.98 Å². The number of aromatic amines is 1. The van der Waals surface area contributed by atoms with Gasteiger partial charge in [0.15, 0.2) is 5.82 Å². The fraction of sp³-hybridized carbons (Fsp3) is 0.550. The number of amides is 1. The number of hydrogen-bond donors (Lipinski definition) is 3. The molecule has 31 heavy (non-hydrogen) atoms. The molecule has 0 radical (unpaired) electrons. The number of hydrazine groups is 1. The summed E-state index contributed by atoms with van der Waals surface area (Å²) in [6, 6.07) is 1.74. The minimum atomic E-state index is -0.286. The molecule has 3 N–H and O–H groups in total. The summed E-state index contributed by atoms with van der Waals surface area (Å²) in [5.41, 5.74) is 7.98. The molecule has 4 heterocycles. The van der Waals surface area contributed by atoms with Crippen LogP contribution in [0.25, 0.3) is 0 Å². The Morgan fingerprint density at radius 1 is 1.29 bits per heavy atom. The van der Waals surface area contributed by atoms with Gasteiger partial charge in [-0.3, -0.25) is 20.3 Å². The number of nitrogens with one attached hydrogen (secondary N) is 3. The Hall–Kier alpha value is -2.66. The zero-order valence-electron chi connectivity index (χ0n) is 17.8. The summed E-state index contributed by atoms with van der Waals surface area (Å²) in [5, 5.41) is 10.9. The first kappa shape index (κ1) is 20.3. The number of hydrogen-bond acceptors (Lipinski definition) is 9. The Morgan fingerprint density at radius 3 is 2.97 bits per heavy atom. The van der Waals surface area contributed by atoms with Gasteiger partial charge in [0.25, 0.3) is 5.91 Å². The molecule has 1 aliphatic carbocycles. The monoisotopic (exact) mass is 441 g/mol. The third-order valence-electron chi connectivity index (χ3n) is 5.89. The van der Waals surface area contributed by atoms with Crippen LogP contribution in [-0.2, 0) is 17.6 Å². The standard InChI is InChI=1S/C20H27N9OS/c1-12(2)15-9-17(26-25-15)23-18-13-5-3-6-14(13)22-20(24-18)28-8-4-7-16(28)19(30)27-29-10-21-11-31-29/h9,11-12,16H,3-8,10H2,1-2H3,(H,27,30)(H2,22,23,24,25,26). The molecule has 2 aliphatic heterocycles. The van der Waals surface area contributed by atoms with Crippen molar-refractivity contribution < 1.29 is 4.79 Å². The summed E-state index contributed by atoms with van der Waals surface area (Å²) in [7, 11) is 0. The number of rotatable bonds is 6. The van der Waals surface area contributed by atoms with Gasteiger partial charge in [-0.2, -0.15) is 10.1 Å². The van der Waals surface area contributed by atoms with E-state index in [1.54, 1.807) is 9.96 Å². The summed E-state index contributed by atoms with van der Waals surface area (Å²) in [5.74, 6) is 2.50. The molecule has 0 saturated carbocycles. The van der Waals surface area contributed by atoms with E-state index in [1.165, 1.54) is 11.9 Å². The second-order valence-corrected chi connectivity index (χ2v) is 9.24. The summed E-state index contributed by atoms with van der Waals surface area (Å²) in [4.78, 5) is 28.8. The zero-order chi connectivity index (χ0) is 21.4. The van der Waals surface area contributed by atoms with E-state index in [0.29, 0.717) is 18.5 Å². The Labute approximate surface area is 185 Å². The minimum Gasteiger partial charge on any atom is -0.329 e. The van der Waals surface area contributed by atoms with Crippen LogP contribution >= 0.6 is 11.9 Å². The molecular formula is C20H27N9OS. The van der Waals surface area contributed by atoms with Gasteiger partial charge in [-0.1, -0.05) is 13.8 Å². The maximum absolute atomic E-state index is 12.9. The van der Waals surface area contributed by atoms with Gasteiger partial charge in [-0.05, 0) is 50.0 Å². The lowest BCUT2D eigenvalue weighted by Crippen LogP contribution is -2.48. The van der Waals surface area contributed by atoms with Crippen molar-refractivity contribution in [2.75, 3.05) is 23.4 Å². The first-order valence-electron chi connectivity index (χ1n) is 10.8. The molecule has 1 atom stereocenters. The molecule has 3 aliphatic rings. The molecule has 0 bridgehead atoms. The lowest BCUT2D eigenvalue weighted by Gasteiger charge is -2.26. The highest BCUT2D eigenvalue weighted by molar-refractivity contribution is 8.10. The van der Waals surface area contributed by atoms with Crippen LogP contribution in [0, 0.1) is 0 Å². The molecular weight excluding hydrogens is 414 g/mol. The zero-order valence-corrected chi connectivity index (χ0v) is 18.6. The number of fused-ring (bicyclic) bond motifs is 1. The van der Waals surface area contributed by atoms with Crippen LogP contribution < -0.4 is 15.6 Å². The van der Waals surface area contributed by atoms with Crippen LogP contribution in [0.5, 0.6) is 0 Å². The van der Waals surface area contributed by atoms with Crippen LogP contribution in [0.2, 0.25) is 0 Å². The van der Waals surface area contributed by atoms with Gasteiger partial charge < -0.3 is 10.2 Å². The van der Waals surface area contributed by atoms with Crippen molar-refractivity contribution in [3.05, 3.63) is 23.0 Å². The predicted molar refractivity (Wildman–Crippen MR) is 121 cm³/mol. The van der Waals surface area contributed by atoms with E-state index < -0.39 is 0 Å². The third kappa shape index (κ3) is 4.11. The SMILES string of the molecule is CC(C)c1cc(Nc2nc(N3CCCC3C(=O)NN3CN=CS3)nc3c2CCC3)n[nH]1. The number of nitrogens with zero attached hydrogens (tertiary/aromatic N) is 6. The molecule has 5 rings (SSSR count). The molecule has 0 spiro atoms. The van der Waals surface area contributed by atoms with Crippen LogP contribution in [0.15, 0.2) is 11.1 Å². The van der Waals surface area contributed by atoms with Gasteiger partial charge in [0, 0.05) is 23.9 Å². The lowest BCUT2D eigenvalue weighted by atomic mass is 10.1. The Bertz CT molecular complexity index is 997. The summed E-state index contributed by atoms with van der Waals surface area (Å²) >= 11 is 1.39. The molecule has 2 aromatic heterocycles. The number of carbonyl (C=O) groups excluding carboxylic acids is 1. The van der Waals surface area contributed by atoms with E-state index in [-0.39, 0.29) is 11.9 Å². The summed E-state index contributed by atoms with van der Waals surface area (Å²) in [6.45, 7) is 5.49. The fourth-order valence-corrected chi connectivity index (χ4v) is 4.76. The van der Waals surface area contributed by atoms with Crippen molar-refractivity contribution in [2.45, 2.75) is 57.9 Å². The average Bonchev–Trinajstić information content (AvgIpc) is 3.53. The number of aryl methyl sites for hydroxylation is 1. The summed E-state index contributed by atoms with van der Waals surface area (Å²) in [6.07, 6.45) is 4.67. The minimum absolute atomic E-state index is 0.0389. The molecule has 2 aromatic rings. The molecule has 0 aromatic carbocycles. The van der Waals surface area contributed by atoms with Gasteiger partial charge in [0.05, 0.1) is 11.2 Å². The Balaban J connectivity index is 1.39. The van der Waals surface area contributed by atoms with Crippen molar-refractivity contribution in [3.8, 4) is 0 Å². The predicted octanol–water partition coefficient (Wildman–Crippen LogP) is 2.50.